The zero-order chi connectivity index (χ0) is 18.1. The van der Waals surface area contributed by atoms with Crippen molar-refractivity contribution < 1.29 is 28.9 Å². The Bertz CT molecular complexity index is 712. The topological polar surface area (TPSA) is 82.1 Å². The number of aliphatic hydroxyl groups is 1. The molecule has 6 heteroatoms. The van der Waals surface area contributed by atoms with Gasteiger partial charge in [-0.15, -0.1) is 0 Å². The minimum Gasteiger partial charge on any atom is -0.509 e. The molecule has 24 heavy (non-hydrogen) atoms. The van der Waals surface area contributed by atoms with Gasteiger partial charge in [0, 0.05) is 6.08 Å². The highest BCUT2D eigenvalue weighted by Crippen LogP contribution is 2.29. The summed E-state index contributed by atoms with van der Waals surface area (Å²) in [5.41, 5.74) is 0.689. The van der Waals surface area contributed by atoms with Gasteiger partial charge < -0.3 is 19.3 Å². The van der Waals surface area contributed by atoms with Crippen LogP contribution < -0.4 is 9.47 Å². The molecule has 0 unspecified atom stereocenters. The lowest BCUT2D eigenvalue weighted by Crippen LogP contribution is -2.10. The van der Waals surface area contributed by atoms with Gasteiger partial charge in [-0.2, -0.15) is 0 Å². The maximum Gasteiger partial charge on any atom is 0.343 e. The summed E-state index contributed by atoms with van der Waals surface area (Å²) in [5.74, 6) is -0.904. The zero-order valence-electron chi connectivity index (χ0n) is 13.4. The van der Waals surface area contributed by atoms with Crippen molar-refractivity contribution in [2.24, 2.45) is 0 Å². The number of rotatable bonds is 7. The van der Waals surface area contributed by atoms with Gasteiger partial charge in [0.15, 0.2) is 11.5 Å². The van der Waals surface area contributed by atoms with E-state index in [0.717, 1.165) is 0 Å². The predicted octanol–water partition coefficient (Wildman–Crippen LogP) is 2.97. The van der Waals surface area contributed by atoms with Crippen LogP contribution in [0.4, 0.5) is 0 Å². The molecule has 0 saturated heterocycles. The SMILES string of the molecule is C=C(O)/C=C\C(=C)C(=O)Oc1ccc(/C=C/C(=O)OC)cc1OC. The first kappa shape index (κ1) is 18.8. The standard InChI is InChI=1S/C18H18O6/c1-12(5-6-13(2)19)18(21)24-15-9-7-14(11-16(15)22-3)8-10-17(20)23-4/h5-11,19H,1-2H2,3-4H3/b6-5-,10-8+. The molecule has 0 aromatic heterocycles. The fraction of sp³-hybridized carbons (Fsp3) is 0.111. The first-order chi connectivity index (χ1) is 11.4. The van der Waals surface area contributed by atoms with Crippen molar-refractivity contribution in [3.05, 3.63) is 66.5 Å². The van der Waals surface area contributed by atoms with Crippen molar-refractivity contribution in [2.45, 2.75) is 0 Å². The number of benzene rings is 1. The van der Waals surface area contributed by atoms with E-state index in [1.807, 2.05) is 0 Å². The van der Waals surface area contributed by atoms with Gasteiger partial charge in [-0.1, -0.05) is 19.2 Å². The van der Waals surface area contributed by atoms with Gasteiger partial charge in [0.05, 0.1) is 19.8 Å². The molecule has 126 valence electrons. The molecule has 1 N–H and O–H groups in total. The summed E-state index contributed by atoms with van der Waals surface area (Å²) in [5, 5.41) is 8.96. The van der Waals surface area contributed by atoms with E-state index in [4.69, 9.17) is 14.6 Å². The molecule has 0 amide bonds. The molecule has 6 nitrogen and oxygen atoms in total. The quantitative estimate of drug-likeness (QED) is 0.272. The van der Waals surface area contributed by atoms with E-state index in [2.05, 4.69) is 17.9 Å². The highest BCUT2D eigenvalue weighted by Gasteiger charge is 2.12. The van der Waals surface area contributed by atoms with Crippen LogP contribution in [0.25, 0.3) is 6.08 Å². The summed E-state index contributed by atoms with van der Waals surface area (Å²) >= 11 is 0. The largest absolute Gasteiger partial charge is 0.509 e. The van der Waals surface area contributed by atoms with Crippen LogP contribution in [0.5, 0.6) is 11.5 Å². The molecule has 1 aromatic carbocycles. The normalized spacial score (nSPS) is 10.6. The molecule has 0 aliphatic rings. The molecule has 1 rings (SSSR count). The lowest BCUT2D eigenvalue weighted by Gasteiger charge is -2.10. The molecular formula is C18H18O6. The molecule has 0 saturated carbocycles. The van der Waals surface area contributed by atoms with Gasteiger partial charge in [0.1, 0.15) is 5.76 Å². The van der Waals surface area contributed by atoms with Gasteiger partial charge in [-0.25, -0.2) is 9.59 Å². The number of aliphatic hydroxyl groups excluding tert-OH is 1. The minimum atomic E-state index is -0.705. The Kier molecular flexibility index (Phi) is 7.03. The summed E-state index contributed by atoms with van der Waals surface area (Å²) in [6, 6.07) is 4.75. The van der Waals surface area contributed by atoms with E-state index < -0.39 is 11.9 Å². The Labute approximate surface area is 140 Å². The van der Waals surface area contributed by atoms with Crippen LogP contribution in [-0.2, 0) is 14.3 Å². The van der Waals surface area contributed by atoms with Gasteiger partial charge in [-0.3, -0.25) is 0 Å². The molecule has 1 aromatic rings. The lowest BCUT2D eigenvalue weighted by molar-refractivity contribution is -0.134. The third-order valence-corrected chi connectivity index (χ3v) is 2.74. The van der Waals surface area contributed by atoms with E-state index in [1.54, 1.807) is 12.1 Å². The summed E-state index contributed by atoms with van der Waals surface area (Å²) in [6.45, 7) is 6.80. The van der Waals surface area contributed by atoms with Crippen LogP contribution >= 0.6 is 0 Å². The van der Waals surface area contributed by atoms with Crippen LogP contribution in [0.3, 0.4) is 0 Å². The van der Waals surface area contributed by atoms with E-state index in [-0.39, 0.29) is 17.1 Å². The maximum absolute atomic E-state index is 11.9. The number of allylic oxidation sites excluding steroid dienone is 1. The highest BCUT2D eigenvalue weighted by molar-refractivity contribution is 5.93. The number of hydrogen-bond donors (Lipinski definition) is 1. The van der Waals surface area contributed by atoms with Gasteiger partial charge in [0.25, 0.3) is 0 Å². The molecule has 0 heterocycles. The van der Waals surface area contributed by atoms with Crippen molar-refractivity contribution >= 4 is 18.0 Å². The number of ether oxygens (including phenoxy) is 3. The average Bonchev–Trinajstić information content (AvgIpc) is 2.57. The number of hydrogen-bond acceptors (Lipinski definition) is 6. The number of carbonyl (C=O) groups excluding carboxylic acids is 2. The third-order valence-electron chi connectivity index (χ3n) is 2.74. The van der Waals surface area contributed by atoms with Gasteiger partial charge in [-0.05, 0) is 35.9 Å². The van der Waals surface area contributed by atoms with E-state index in [0.29, 0.717) is 11.3 Å². The van der Waals surface area contributed by atoms with E-state index in [9.17, 15) is 9.59 Å². The molecule has 0 spiro atoms. The number of carbonyl (C=O) groups is 2. The molecule has 0 bridgehead atoms. The number of esters is 2. The average molecular weight is 330 g/mol. The Morgan fingerprint density at radius 2 is 1.79 bits per heavy atom. The van der Waals surface area contributed by atoms with Crippen LogP contribution in [0, 0.1) is 0 Å². The first-order valence-corrected chi connectivity index (χ1v) is 6.78. The van der Waals surface area contributed by atoms with E-state index in [1.165, 1.54) is 44.6 Å². The summed E-state index contributed by atoms with van der Waals surface area (Å²) in [4.78, 5) is 23.0. The van der Waals surface area contributed by atoms with Gasteiger partial charge >= 0.3 is 11.9 Å². The second-order valence-corrected chi connectivity index (χ2v) is 4.51. The minimum absolute atomic E-state index is 0.0296. The van der Waals surface area contributed by atoms with Crippen LogP contribution in [0.15, 0.2) is 60.9 Å². The molecule has 0 aliphatic carbocycles. The number of methoxy groups -OCH3 is 2. The predicted molar refractivity (Wildman–Crippen MR) is 89.7 cm³/mol. The van der Waals surface area contributed by atoms with Crippen LogP contribution in [-0.4, -0.2) is 31.3 Å². The highest BCUT2D eigenvalue weighted by atomic mass is 16.6. The summed E-state index contributed by atoms with van der Waals surface area (Å²) < 4.78 is 14.9. The van der Waals surface area contributed by atoms with Crippen LogP contribution in [0.1, 0.15) is 5.56 Å². The van der Waals surface area contributed by atoms with Crippen molar-refractivity contribution in [1.29, 1.82) is 0 Å². The van der Waals surface area contributed by atoms with Crippen molar-refractivity contribution in [3.8, 4) is 11.5 Å². The zero-order valence-corrected chi connectivity index (χ0v) is 13.4. The van der Waals surface area contributed by atoms with Crippen molar-refractivity contribution in [1.82, 2.24) is 0 Å². The molecular weight excluding hydrogens is 312 g/mol. The molecule has 0 atom stereocenters. The second-order valence-electron chi connectivity index (χ2n) is 4.51. The smallest absolute Gasteiger partial charge is 0.343 e. The fourth-order valence-corrected chi connectivity index (χ4v) is 1.53. The maximum atomic E-state index is 11.9. The Hall–Kier alpha value is -3.28. The Morgan fingerprint density at radius 1 is 1.08 bits per heavy atom. The van der Waals surface area contributed by atoms with E-state index >= 15 is 0 Å². The third kappa shape index (κ3) is 5.84. The second kappa shape index (κ2) is 8.99. The lowest BCUT2D eigenvalue weighted by atomic mass is 10.2. The summed E-state index contributed by atoms with van der Waals surface area (Å²) in [6.07, 6.45) is 5.30. The van der Waals surface area contributed by atoms with Gasteiger partial charge in [0.2, 0.25) is 0 Å². The van der Waals surface area contributed by atoms with Crippen molar-refractivity contribution in [2.75, 3.05) is 14.2 Å². The van der Waals surface area contributed by atoms with Crippen molar-refractivity contribution in [3.63, 3.8) is 0 Å². The Balaban J connectivity index is 2.91. The molecule has 0 aliphatic heterocycles. The Morgan fingerprint density at radius 3 is 2.38 bits per heavy atom. The monoisotopic (exact) mass is 330 g/mol. The first-order valence-electron chi connectivity index (χ1n) is 6.78. The molecule has 0 radical (unpaired) electrons. The molecule has 0 fully saturated rings. The fourth-order valence-electron chi connectivity index (χ4n) is 1.53. The summed E-state index contributed by atoms with van der Waals surface area (Å²) in [7, 11) is 2.70. The van der Waals surface area contributed by atoms with Crippen LogP contribution in [0.2, 0.25) is 0 Å².